The summed E-state index contributed by atoms with van der Waals surface area (Å²) in [7, 11) is 0. The summed E-state index contributed by atoms with van der Waals surface area (Å²) in [5.41, 5.74) is -10.0. The van der Waals surface area contributed by atoms with Gasteiger partial charge in [-0.05, 0) is 0 Å². The zero-order valence-corrected chi connectivity index (χ0v) is 20.8. The number of hydrogen-bond donors (Lipinski definition) is 1. The molecule has 0 aliphatic carbocycles. The molecule has 1 unspecified atom stereocenters. The Kier molecular flexibility index (Phi) is 6.27. The molecule has 1 atom stereocenters. The van der Waals surface area contributed by atoms with Crippen LogP contribution in [0.15, 0.2) is 18.2 Å². The predicted octanol–water partition coefficient (Wildman–Crippen LogP) is 7.08. The molecule has 3 nitrogen and oxygen atoms in total. The van der Waals surface area contributed by atoms with Crippen LogP contribution >= 0.6 is 19.3 Å². The van der Waals surface area contributed by atoms with Crippen molar-refractivity contribution in [2.45, 2.75) is 31.8 Å². The van der Waals surface area contributed by atoms with Gasteiger partial charge in [-0.2, -0.15) is 0 Å². The standard InChI is InChI=1S/C23H13F10IO3/c1-22(2,3)7-4-5-8-9(6-7)34(35,36)37-23(8,10-12(24)16(28)20(32)17(29)13(10)25)11-14(26)18(30)21(33)19(31)15(11)27/h4-6H,1-3H3,(H,35,36). The van der Waals surface area contributed by atoms with Crippen LogP contribution in [-0.4, -0.2) is 3.44 Å². The third kappa shape index (κ3) is 3.70. The van der Waals surface area contributed by atoms with Gasteiger partial charge < -0.3 is 0 Å². The van der Waals surface area contributed by atoms with Gasteiger partial charge in [0.15, 0.2) is 0 Å². The van der Waals surface area contributed by atoms with Crippen LogP contribution in [0.3, 0.4) is 0 Å². The van der Waals surface area contributed by atoms with Gasteiger partial charge in [-0.1, -0.05) is 0 Å². The van der Waals surface area contributed by atoms with Crippen LogP contribution in [0, 0.1) is 61.7 Å². The Bertz CT molecular complexity index is 1420. The Morgan fingerprint density at radius 1 is 0.676 bits per heavy atom. The van der Waals surface area contributed by atoms with Gasteiger partial charge in [0.25, 0.3) is 0 Å². The zero-order valence-electron chi connectivity index (χ0n) is 18.7. The van der Waals surface area contributed by atoms with Crippen molar-refractivity contribution in [2.24, 2.45) is 0 Å². The molecule has 3 aromatic rings. The molecule has 1 aliphatic heterocycles. The van der Waals surface area contributed by atoms with Crippen molar-refractivity contribution in [3.8, 4) is 0 Å². The van der Waals surface area contributed by atoms with Gasteiger partial charge in [0.1, 0.15) is 0 Å². The van der Waals surface area contributed by atoms with Crippen molar-refractivity contribution in [2.75, 3.05) is 0 Å². The van der Waals surface area contributed by atoms with Crippen LogP contribution in [0.5, 0.6) is 0 Å². The van der Waals surface area contributed by atoms with Gasteiger partial charge in [-0.25, -0.2) is 0 Å². The topological polar surface area (TPSA) is 46.5 Å². The van der Waals surface area contributed by atoms with E-state index in [9.17, 15) is 32.8 Å². The second-order valence-corrected chi connectivity index (χ2v) is 13.1. The van der Waals surface area contributed by atoms with Crippen molar-refractivity contribution in [1.82, 2.24) is 0 Å². The van der Waals surface area contributed by atoms with Gasteiger partial charge in [-0.3, -0.25) is 0 Å². The van der Waals surface area contributed by atoms with Gasteiger partial charge in [0, 0.05) is 0 Å². The normalized spacial score (nSPS) is 20.6. The van der Waals surface area contributed by atoms with Crippen LogP contribution in [0.1, 0.15) is 43.0 Å². The van der Waals surface area contributed by atoms with Crippen LogP contribution in [0.25, 0.3) is 0 Å². The molecule has 37 heavy (non-hydrogen) atoms. The first-order valence-electron chi connectivity index (χ1n) is 10.00. The van der Waals surface area contributed by atoms with E-state index in [-0.39, 0.29) is 5.56 Å². The average molecular weight is 654 g/mol. The number of rotatable bonds is 2. The van der Waals surface area contributed by atoms with E-state index in [2.05, 4.69) is 0 Å². The fourth-order valence-electron chi connectivity index (χ4n) is 4.00. The van der Waals surface area contributed by atoms with Gasteiger partial charge >= 0.3 is 207 Å². The first-order valence-corrected chi connectivity index (χ1v) is 13.8. The first-order chi connectivity index (χ1) is 16.9. The van der Waals surface area contributed by atoms with Crippen molar-refractivity contribution in [3.05, 3.63) is 102 Å². The summed E-state index contributed by atoms with van der Waals surface area (Å²) in [6.07, 6.45) is 0. The van der Waals surface area contributed by atoms with Crippen molar-refractivity contribution in [3.63, 3.8) is 0 Å². The molecule has 0 fully saturated rings. The second kappa shape index (κ2) is 8.46. The molecule has 1 aliphatic rings. The minimum atomic E-state index is -6.39. The molecular formula is C23H13F10IO3. The van der Waals surface area contributed by atoms with Crippen LogP contribution in [0.2, 0.25) is 0 Å². The molecule has 0 aromatic heterocycles. The van der Waals surface area contributed by atoms with Crippen molar-refractivity contribution >= 4 is 19.3 Å². The third-order valence-electron chi connectivity index (χ3n) is 5.82. The fraction of sp³-hybridized carbons (Fsp3) is 0.217. The molecule has 14 heteroatoms. The van der Waals surface area contributed by atoms with Crippen LogP contribution in [0.4, 0.5) is 43.9 Å². The Labute approximate surface area is 206 Å². The van der Waals surface area contributed by atoms with E-state index < -0.39 is 109 Å². The van der Waals surface area contributed by atoms with Crippen molar-refractivity contribution < 1.29 is 53.5 Å². The van der Waals surface area contributed by atoms with E-state index in [4.69, 9.17) is 3.07 Å². The fourth-order valence-corrected chi connectivity index (χ4v) is 7.84. The Morgan fingerprint density at radius 2 is 1.03 bits per heavy atom. The summed E-state index contributed by atoms with van der Waals surface area (Å²) < 4.78 is 173. The first kappa shape index (κ1) is 27.4. The molecule has 0 spiro atoms. The third-order valence-corrected chi connectivity index (χ3v) is 9.43. The molecule has 1 N–H and O–H groups in total. The maximum atomic E-state index is 15.1. The number of benzene rings is 3. The van der Waals surface area contributed by atoms with E-state index in [1.54, 1.807) is 20.8 Å². The summed E-state index contributed by atoms with van der Waals surface area (Å²) in [4.78, 5) is 0. The molecule has 0 saturated heterocycles. The minimum absolute atomic E-state index is 0.248. The Morgan fingerprint density at radius 3 is 1.38 bits per heavy atom. The molecule has 0 amide bonds. The van der Waals surface area contributed by atoms with Gasteiger partial charge in [0.2, 0.25) is 0 Å². The van der Waals surface area contributed by atoms with E-state index in [1.165, 1.54) is 0 Å². The summed E-state index contributed by atoms with van der Waals surface area (Å²) >= 11 is -6.39. The molecular weight excluding hydrogens is 641 g/mol. The maximum absolute atomic E-state index is 15.1. The van der Waals surface area contributed by atoms with Gasteiger partial charge in [-0.15, -0.1) is 0 Å². The molecule has 0 radical (unpaired) electrons. The van der Waals surface area contributed by atoms with E-state index >= 15 is 17.6 Å². The average Bonchev–Trinajstić information content (AvgIpc) is 3.05. The number of hydrogen-bond acceptors (Lipinski definition) is 2. The molecule has 0 saturated carbocycles. The second-order valence-electron chi connectivity index (χ2n) is 9.03. The summed E-state index contributed by atoms with van der Waals surface area (Å²) in [5, 5.41) is 0. The van der Waals surface area contributed by atoms with Crippen LogP contribution in [-0.2, 0) is 17.2 Å². The zero-order chi connectivity index (χ0) is 28.0. The Hall–Kier alpha value is -2.59. The van der Waals surface area contributed by atoms with E-state index in [0.717, 1.165) is 18.2 Å². The van der Waals surface area contributed by atoms with E-state index in [1.807, 2.05) is 0 Å². The quantitative estimate of drug-likeness (QED) is 0.139. The number of fused-ring (bicyclic) bond motifs is 1. The van der Waals surface area contributed by atoms with Gasteiger partial charge in [0.05, 0.1) is 0 Å². The number of halogens is 11. The molecule has 1 heterocycles. The monoisotopic (exact) mass is 654 g/mol. The molecule has 4 rings (SSSR count). The molecule has 200 valence electrons. The molecule has 3 aromatic carbocycles. The summed E-state index contributed by atoms with van der Waals surface area (Å²) in [5.74, 6) is -27.2. The van der Waals surface area contributed by atoms with Crippen molar-refractivity contribution in [1.29, 1.82) is 0 Å². The predicted molar refractivity (Wildman–Crippen MR) is 114 cm³/mol. The van der Waals surface area contributed by atoms with E-state index in [0.29, 0.717) is 0 Å². The summed E-state index contributed by atoms with van der Waals surface area (Å²) in [6, 6.07) is 2.77. The Balaban J connectivity index is 2.32. The SMILES string of the molecule is CC(C)(C)c1ccc2c(c1)I(=O)(O)OC2(c1c(F)c(F)c(F)c(F)c1F)c1c(F)c(F)c(F)c(F)c1F. The summed E-state index contributed by atoms with van der Waals surface area (Å²) in [6.45, 7) is 4.84. The molecule has 0 bridgehead atoms. The van der Waals surface area contributed by atoms with Crippen LogP contribution < -0.4 is 0 Å².